The summed E-state index contributed by atoms with van der Waals surface area (Å²) in [5, 5.41) is 5.68. The predicted molar refractivity (Wildman–Crippen MR) is 102 cm³/mol. The average molecular weight is 420 g/mol. The molecule has 0 spiro atoms. The van der Waals surface area contributed by atoms with Crippen molar-refractivity contribution in [2.45, 2.75) is 32.0 Å². The maximum absolute atomic E-state index is 12.4. The molecule has 2 amide bonds. The summed E-state index contributed by atoms with van der Waals surface area (Å²) in [7, 11) is 0. The van der Waals surface area contributed by atoms with Crippen LogP contribution in [0.5, 0.6) is 0 Å². The first-order valence-electron chi connectivity index (χ1n) is 8.64. The second-order valence-electron chi connectivity index (χ2n) is 6.51. The van der Waals surface area contributed by atoms with Crippen molar-refractivity contribution in [2.75, 3.05) is 13.1 Å². The molecule has 1 aliphatic heterocycles. The fourth-order valence-electron chi connectivity index (χ4n) is 3.03. The summed E-state index contributed by atoms with van der Waals surface area (Å²) in [5.41, 5.74) is 1.27. The molecule has 0 aliphatic carbocycles. The molecule has 0 radical (unpaired) electrons. The lowest BCUT2D eigenvalue weighted by molar-refractivity contribution is -0.123. The zero-order valence-electron chi connectivity index (χ0n) is 14.6. The number of nitrogens with zero attached hydrogens (tertiary/aromatic N) is 1. The molecular weight excluding hydrogens is 398 g/mol. The van der Waals surface area contributed by atoms with Crippen LogP contribution in [0.2, 0.25) is 0 Å². The molecule has 26 heavy (non-hydrogen) atoms. The second kappa shape index (κ2) is 8.51. The molecule has 138 valence electrons. The summed E-state index contributed by atoms with van der Waals surface area (Å²) < 4.78 is 5.67. The SMILES string of the molecule is CC(NC(=O)c1ccc(Br)o1)C(=O)NC1CCN(Cc2ccccc2)C1. The van der Waals surface area contributed by atoms with Crippen molar-refractivity contribution in [1.82, 2.24) is 15.5 Å². The van der Waals surface area contributed by atoms with Gasteiger partial charge < -0.3 is 15.1 Å². The van der Waals surface area contributed by atoms with Crippen LogP contribution in [-0.4, -0.2) is 41.9 Å². The van der Waals surface area contributed by atoms with Gasteiger partial charge in [-0.25, -0.2) is 0 Å². The van der Waals surface area contributed by atoms with Crippen LogP contribution >= 0.6 is 15.9 Å². The van der Waals surface area contributed by atoms with Crippen LogP contribution in [0.25, 0.3) is 0 Å². The minimum atomic E-state index is -0.630. The highest BCUT2D eigenvalue weighted by atomic mass is 79.9. The molecule has 2 N–H and O–H groups in total. The van der Waals surface area contributed by atoms with Gasteiger partial charge in [0.2, 0.25) is 5.91 Å². The van der Waals surface area contributed by atoms with E-state index in [2.05, 4.69) is 43.6 Å². The van der Waals surface area contributed by atoms with E-state index >= 15 is 0 Å². The molecule has 2 atom stereocenters. The molecule has 2 unspecified atom stereocenters. The Morgan fingerprint density at radius 1 is 1.27 bits per heavy atom. The number of carbonyl (C=O) groups excluding carboxylic acids is 2. The number of furan rings is 1. The molecule has 3 rings (SSSR count). The highest BCUT2D eigenvalue weighted by molar-refractivity contribution is 9.10. The lowest BCUT2D eigenvalue weighted by Gasteiger charge is -2.19. The van der Waals surface area contributed by atoms with Gasteiger partial charge in [0.1, 0.15) is 6.04 Å². The van der Waals surface area contributed by atoms with Crippen molar-refractivity contribution < 1.29 is 14.0 Å². The van der Waals surface area contributed by atoms with Crippen molar-refractivity contribution >= 4 is 27.7 Å². The summed E-state index contributed by atoms with van der Waals surface area (Å²) in [5.74, 6) is -0.419. The Morgan fingerprint density at radius 2 is 2.04 bits per heavy atom. The van der Waals surface area contributed by atoms with Gasteiger partial charge >= 0.3 is 0 Å². The van der Waals surface area contributed by atoms with Gasteiger partial charge in [-0.1, -0.05) is 30.3 Å². The van der Waals surface area contributed by atoms with E-state index in [9.17, 15) is 9.59 Å². The zero-order valence-corrected chi connectivity index (χ0v) is 16.2. The number of nitrogens with one attached hydrogen (secondary N) is 2. The third-order valence-corrected chi connectivity index (χ3v) is 4.83. The Labute approximate surface area is 161 Å². The number of rotatable bonds is 6. The van der Waals surface area contributed by atoms with Crippen molar-refractivity contribution in [3.63, 3.8) is 0 Å². The summed E-state index contributed by atoms with van der Waals surface area (Å²) in [4.78, 5) is 26.7. The fourth-order valence-corrected chi connectivity index (χ4v) is 3.34. The van der Waals surface area contributed by atoms with Crippen molar-refractivity contribution in [3.05, 3.63) is 58.5 Å². The lowest BCUT2D eigenvalue weighted by atomic mass is 10.2. The number of hydrogen-bond acceptors (Lipinski definition) is 4. The standard InChI is InChI=1S/C19H22BrN3O3/c1-13(21-19(25)16-7-8-17(20)26-16)18(24)22-15-9-10-23(12-15)11-14-5-3-2-4-6-14/h2-8,13,15H,9-12H2,1H3,(H,21,25)(H,22,24). The van der Waals surface area contributed by atoms with Gasteiger partial charge in [0, 0.05) is 25.7 Å². The highest BCUT2D eigenvalue weighted by Crippen LogP contribution is 2.15. The molecule has 1 fully saturated rings. The van der Waals surface area contributed by atoms with E-state index in [1.807, 2.05) is 18.2 Å². The average Bonchev–Trinajstić information content (AvgIpc) is 3.24. The van der Waals surface area contributed by atoms with E-state index in [0.29, 0.717) is 4.67 Å². The number of carbonyl (C=O) groups is 2. The molecule has 2 aromatic rings. The van der Waals surface area contributed by atoms with Gasteiger partial charge in [0.25, 0.3) is 5.91 Å². The first kappa shape index (κ1) is 18.7. The topological polar surface area (TPSA) is 74.6 Å². The predicted octanol–water partition coefficient (Wildman–Crippen LogP) is 2.55. The third-order valence-electron chi connectivity index (χ3n) is 4.41. The number of benzene rings is 1. The van der Waals surface area contributed by atoms with Crippen molar-refractivity contribution in [2.24, 2.45) is 0 Å². The normalized spacial score (nSPS) is 18.5. The van der Waals surface area contributed by atoms with E-state index in [-0.39, 0.29) is 17.7 Å². The maximum Gasteiger partial charge on any atom is 0.287 e. The van der Waals surface area contributed by atoms with Gasteiger partial charge in [-0.2, -0.15) is 0 Å². The molecule has 2 heterocycles. The molecule has 0 bridgehead atoms. The second-order valence-corrected chi connectivity index (χ2v) is 7.30. The Morgan fingerprint density at radius 3 is 2.73 bits per heavy atom. The lowest BCUT2D eigenvalue weighted by Crippen LogP contribution is -2.48. The van der Waals surface area contributed by atoms with Crippen LogP contribution in [0.1, 0.15) is 29.5 Å². The van der Waals surface area contributed by atoms with Gasteiger partial charge in [-0.15, -0.1) is 0 Å². The van der Waals surface area contributed by atoms with Gasteiger partial charge in [-0.05, 0) is 47.0 Å². The van der Waals surface area contributed by atoms with Crippen LogP contribution in [-0.2, 0) is 11.3 Å². The third kappa shape index (κ3) is 4.95. The molecule has 6 nitrogen and oxygen atoms in total. The van der Waals surface area contributed by atoms with Crippen LogP contribution < -0.4 is 10.6 Å². The summed E-state index contributed by atoms with van der Waals surface area (Å²) >= 11 is 3.15. The van der Waals surface area contributed by atoms with Crippen LogP contribution in [0.4, 0.5) is 0 Å². The summed E-state index contributed by atoms with van der Waals surface area (Å²) in [6, 6.07) is 13.0. The van der Waals surface area contributed by atoms with E-state index < -0.39 is 11.9 Å². The number of amides is 2. The van der Waals surface area contributed by atoms with E-state index in [4.69, 9.17) is 4.42 Å². The van der Waals surface area contributed by atoms with E-state index in [0.717, 1.165) is 26.1 Å². The summed E-state index contributed by atoms with van der Waals surface area (Å²) in [6.45, 7) is 4.31. The number of hydrogen-bond donors (Lipinski definition) is 2. The smallest absolute Gasteiger partial charge is 0.287 e. The molecule has 0 saturated carbocycles. The van der Waals surface area contributed by atoms with E-state index in [1.165, 1.54) is 5.56 Å². The minimum absolute atomic E-state index is 0.100. The molecule has 1 aliphatic rings. The largest absolute Gasteiger partial charge is 0.444 e. The van der Waals surface area contributed by atoms with Crippen LogP contribution in [0.15, 0.2) is 51.6 Å². The van der Waals surface area contributed by atoms with Crippen molar-refractivity contribution in [3.8, 4) is 0 Å². The summed E-state index contributed by atoms with van der Waals surface area (Å²) in [6.07, 6.45) is 0.907. The minimum Gasteiger partial charge on any atom is -0.444 e. The molecular formula is C19H22BrN3O3. The van der Waals surface area contributed by atoms with Crippen LogP contribution in [0.3, 0.4) is 0 Å². The van der Waals surface area contributed by atoms with Crippen LogP contribution in [0, 0.1) is 0 Å². The molecule has 7 heteroatoms. The van der Waals surface area contributed by atoms with Gasteiger partial charge in [-0.3, -0.25) is 14.5 Å². The Kier molecular flexibility index (Phi) is 6.11. The Hall–Kier alpha value is -2.12. The Balaban J connectivity index is 1.45. The monoisotopic (exact) mass is 419 g/mol. The Bertz CT molecular complexity index is 762. The van der Waals surface area contributed by atoms with E-state index in [1.54, 1.807) is 19.1 Å². The van der Waals surface area contributed by atoms with Crippen molar-refractivity contribution in [1.29, 1.82) is 0 Å². The first-order chi connectivity index (χ1) is 12.5. The fraction of sp³-hybridized carbons (Fsp3) is 0.368. The zero-order chi connectivity index (χ0) is 18.5. The quantitative estimate of drug-likeness (QED) is 0.754. The van der Waals surface area contributed by atoms with Gasteiger partial charge in [0.15, 0.2) is 10.4 Å². The maximum atomic E-state index is 12.4. The van der Waals surface area contributed by atoms with Gasteiger partial charge in [0.05, 0.1) is 0 Å². The highest BCUT2D eigenvalue weighted by Gasteiger charge is 2.26. The number of likely N-dealkylation sites (tertiary alicyclic amines) is 1. The molecule has 1 aromatic heterocycles. The number of halogens is 1. The first-order valence-corrected chi connectivity index (χ1v) is 9.43. The molecule has 1 aromatic carbocycles. The molecule has 1 saturated heterocycles.